The van der Waals surface area contributed by atoms with Gasteiger partial charge in [0.05, 0.1) is 6.54 Å². The second-order valence-corrected chi connectivity index (χ2v) is 11.8. The summed E-state index contributed by atoms with van der Waals surface area (Å²) in [6.45, 7) is 15.5. The zero-order valence-electron chi connectivity index (χ0n) is 21.7. The minimum atomic E-state index is -0.290. The summed E-state index contributed by atoms with van der Waals surface area (Å²) in [4.78, 5) is 15.7. The van der Waals surface area contributed by atoms with Crippen LogP contribution in [-0.4, -0.2) is 34.7 Å². The summed E-state index contributed by atoms with van der Waals surface area (Å²) < 4.78 is 4.16. The number of phenols is 1. The number of rotatable bonds is 6. The molecule has 1 saturated heterocycles. The fourth-order valence-electron chi connectivity index (χ4n) is 5.05. The predicted molar refractivity (Wildman–Crippen MR) is 142 cm³/mol. The van der Waals surface area contributed by atoms with Crippen molar-refractivity contribution in [2.24, 2.45) is 10.4 Å². The van der Waals surface area contributed by atoms with Crippen LogP contribution < -0.4 is 0 Å². The molecule has 3 rings (SSSR count). The van der Waals surface area contributed by atoms with E-state index in [0.29, 0.717) is 11.5 Å². The number of likely N-dealkylation sites (tertiary alicyclic amines) is 1. The Morgan fingerprint density at radius 1 is 1.06 bits per heavy atom. The van der Waals surface area contributed by atoms with Gasteiger partial charge in [0.1, 0.15) is 11.6 Å². The number of aromatic hydroxyl groups is 1. The number of carbonyl (C=O) groups excluding carboxylic acids is 1. The molecule has 0 bridgehead atoms. The van der Waals surface area contributed by atoms with Crippen molar-refractivity contribution >= 4 is 23.4 Å². The number of ketones is 1. The molecule has 34 heavy (non-hydrogen) atoms. The van der Waals surface area contributed by atoms with Crippen molar-refractivity contribution in [1.82, 2.24) is 4.90 Å². The molecule has 1 heterocycles. The summed E-state index contributed by atoms with van der Waals surface area (Å²) >= 11 is 6.13. The van der Waals surface area contributed by atoms with E-state index in [2.05, 4.69) is 65.1 Å². The maximum absolute atomic E-state index is 13.6. The first-order valence-corrected chi connectivity index (χ1v) is 12.6. The molecule has 2 aromatic rings. The first kappa shape index (κ1) is 26.3. The van der Waals surface area contributed by atoms with Gasteiger partial charge in [-0.25, -0.2) is 0 Å². The van der Waals surface area contributed by atoms with Gasteiger partial charge in [0.25, 0.3) is 0 Å². The molecule has 184 valence electrons. The molecule has 0 spiro atoms. The van der Waals surface area contributed by atoms with Gasteiger partial charge in [-0.1, -0.05) is 85.2 Å². The third-order valence-corrected chi connectivity index (χ3v) is 6.99. The lowest BCUT2D eigenvalue weighted by Crippen LogP contribution is -2.32. The van der Waals surface area contributed by atoms with Crippen molar-refractivity contribution in [3.63, 3.8) is 0 Å². The maximum Gasteiger partial charge on any atom is 0.182 e. The van der Waals surface area contributed by atoms with Gasteiger partial charge in [0, 0.05) is 40.9 Å². The molecule has 0 amide bonds. The topological polar surface area (TPSA) is 52.9 Å². The lowest BCUT2D eigenvalue weighted by molar-refractivity contribution is 0.0963. The van der Waals surface area contributed by atoms with E-state index in [1.54, 1.807) is 0 Å². The van der Waals surface area contributed by atoms with Gasteiger partial charge >= 0.3 is 0 Å². The highest BCUT2D eigenvalue weighted by Crippen LogP contribution is 2.41. The van der Waals surface area contributed by atoms with Crippen LogP contribution in [-0.2, 0) is 10.8 Å². The van der Waals surface area contributed by atoms with Gasteiger partial charge in [-0.15, -0.1) is 0 Å². The van der Waals surface area contributed by atoms with E-state index in [1.165, 1.54) is 5.56 Å². The minimum absolute atomic E-state index is 0.0118. The van der Waals surface area contributed by atoms with E-state index in [1.807, 2.05) is 35.2 Å². The smallest absolute Gasteiger partial charge is 0.182 e. The summed E-state index contributed by atoms with van der Waals surface area (Å²) in [6.07, 6.45) is 2.11. The van der Waals surface area contributed by atoms with Crippen LogP contribution in [0, 0.1) is 5.92 Å². The lowest BCUT2D eigenvalue weighted by Gasteiger charge is -2.28. The molecular weight excluding hydrogens is 444 g/mol. The van der Waals surface area contributed by atoms with Crippen molar-refractivity contribution in [1.29, 1.82) is 0 Å². The maximum atomic E-state index is 13.6. The Balaban J connectivity index is 1.97. The molecule has 2 atom stereocenters. The third-order valence-electron chi connectivity index (χ3n) is 6.82. The van der Waals surface area contributed by atoms with Crippen LogP contribution in [0.5, 0.6) is 5.75 Å². The first-order valence-electron chi connectivity index (χ1n) is 12.3. The number of phenolic OH excluding ortho intramolecular Hbond substituents is 1. The number of Topliss-reactive ketones (excluding diaryl/α,β-unsaturated/α-hetero) is 1. The van der Waals surface area contributed by atoms with Crippen LogP contribution in [0.15, 0.2) is 47.0 Å². The standard InChI is InChI=1S/C29H39ClN2O2/c1-8-12-20-17-32(27(31-30)25(20)19-13-10-9-11-14-19)18-24(33)21-15-22(28(2,3)4)26(34)23(16-21)29(5,6)7/h9-11,13-16,20,25,34H,8,12,17-18H2,1-7H3/t20-,25+/m0/s1. The van der Waals surface area contributed by atoms with Crippen molar-refractivity contribution < 1.29 is 9.90 Å². The Morgan fingerprint density at radius 3 is 2.09 bits per heavy atom. The fraction of sp³-hybridized carbons (Fsp3) is 0.517. The van der Waals surface area contributed by atoms with Gasteiger partial charge in [-0.05, 0) is 40.9 Å². The summed E-state index contributed by atoms with van der Waals surface area (Å²) in [7, 11) is 0. The zero-order valence-corrected chi connectivity index (χ0v) is 22.4. The van der Waals surface area contributed by atoms with Crippen molar-refractivity contribution in [3.8, 4) is 5.75 Å². The predicted octanol–water partition coefficient (Wildman–Crippen LogP) is 7.24. The average Bonchev–Trinajstić information content (AvgIpc) is 3.09. The third kappa shape index (κ3) is 5.49. The number of halogens is 1. The average molecular weight is 483 g/mol. The van der Waals surface area contributed by atoms with E-state index < -0.39 is 0 Å². The highest BCUT2D eigenvalue weighted by molar-refractivity contribution is 6.21. The first-order chi connectivity index (χ1) is 15.9. The Hall–Kier alpha value is -2.33. The number of benzene rings is 2. The Morgan fingerprint density at radius 2 is 1.62 bits per heavy atom. The van der Waals surface area contributed by atoms with E-state index in [4.69, 9.17) is 11.8 Å². The van der Waals surface area contributed by atoms with Gasteiger partial charge in [0.15, 0.2) is 5.78 Å². The number of hydrogen-bond acceptors (Lipinski definition) is 3. The fourth-order valence-corrected chi connectivity index (χ4v) is 5.27. The Kier molecular flexibility index (Phi) is 7.82. The zero-order chi connectivity index (χ0) is 25.3. The Labute approximate surface area is 210 Å². The number of amidine groups is 1. The molecular formula is C29H39ClN2O2. The van der Waals surface area contributed by atoms with Crippen LogP contribution in [0.4, 0.5) is 0 Å². The van der Waals surface area contributed by atoms with Crippen molar-refractivity contribution in [2.75, 3.05) is 13.1 Å². The largest absolute Gasteiger partial charge is 0.507 e. The van der Waals surface area contributed by atoms with Crippen LogP contribution in [0.25, 0.3) is 0 Å². The van der Waals surface area contributed by atoms with Crippen molar-refractivity contribution in [3.05, 3.63) is 64.7 Å². The SMILES string of the molecule is CCC[C@H]1CN(CC(=O)c2cc(C(C)(C)C)c(O)c(C(C)(C)C)c2)C(=NCl)[C@@H]1c1ccccc1. The van der Waals surface area contributed by atoms with Crippen LogP contribution >= 0.6 is 11.8 Å². The monoisotopic (exact) mass is 482 g/mol. The molecule has 1 aliphatic rings. The quantitative estimate of drug-likeness (QED) is 0.441. The molecule has 0 radical (unpaired) electrons. The van der Waals surface area contributed by atoms with Crippen molar-refractivity contribution in [2.45, 2.75) is 78.1 Å². The second kappa shape index (κ2) is 10.1. The molecule has 0 unspecified atom stereocenters. The summed E-state index contributed by atoms with van der Waals surface area (Å²) in [6, 6.07) is 14.0. The summed E-state index contributed by atoms with van der Waals surface area (Å²) in [5.74, 6) is 1.51. The highest BCUT2D eigenvalue weighted by atomic mass is 35.5. The van der Waals surface area contributed by atoms with Crippen LogP contribution in [0.1, 0.15) is 94.3 Å². The van der Waals surface area contributed by atoms with E-state index in [9.17, 15) is 9.90 Å². The van der Waals surface area contributed by atoms with E-state index in [-0.39, 0.29) is 34.8 Å². The lowest BCUT2D eigenvalue weighted by atomic mass is 9.78. The molecule has 4 nitrogen and oxygen atoms in total. The molecule has 5 heteroatoms. The Bertz CT molecular complexity index is 1010. The van der Waals surface area contributed by atoms with Gasteiger partial charge in [0.2, 0.25) is 0 Å². The number of carbonyl (C=O) groups is 1. The van der Waals surface area contributed by atoms with Crippen LogP contribution in [0.3, 0.4) is 0 Å². The number of hydrogen-bond donors (Lipinski definition) is 1. The molecule has 2 aromatic carbocycles. The molecule has 0 aliphatic carbocycles. The van der Waals surface area contributed by atoms with Gasteiger partial charge < -0.3 is 10.0 Å². The molecule has 0 aromatic heterocycles. The van der Waals surface area contributed by atoms with Gasteiger partial charge in [-0.2, -0.15) is 4.51 Å². The molecule has 1 N–H and O–H groups in total. The summed E-state index contributed by atoms with van der Waals surface area (Å²) in [5, 5.41) is 11.0. The van der Waals surface area contributed by atoms with E-state index in [0.717, 1.165) is 36.3 Å². The number of nitrogens with zero attached hydrogens (tertiary/aromatic N) is 2. The molecule has 1 aliphatic heterocycles. The van der Waals surface area contributed by atoms with E-state index >= 15 is 0 Å². The van der Waals surface area contributed by atoms with Gasteiger partial charge in [-0.3, -0.25) is 4.79 Å². The van der Waals surface area contributed by atoms with Crippen LogP contribution in [0.2, 0.25) is 0 Å². The summed E-state index contributed by atoms with van der Waals surface area (Å²) in [5.41, 5.74) is 2.81. The molecule has 0 saturated carbocycles. The molecule has 1 fully saturated rings. The minimum Gasteiger partial charge on any atom is -0.507 e. The normalized spacial score (nSPS) is 20.2. The second-order valence-electron chi connectivity index (χ2n) is 11.6. The highest BCUT2D eigenvalue weighted by Gasteiger charge is 2.40.